The van der Waals surface area contributed by atoms with E-state index in [2.05, 4.69) is 20.6 Å². The number of amides is 2. The molecule has 0 bridgehead atoms. The number of carbonyl (C=O) groups excluding carboxylic acids is 2. The first-order valence-electron chi connectivity index (χ1n) is 9.66. The minimum Gasteiger partial charge on any atom is -0.321 e. The van der Waals surface area contributed by atoms with Gasteiger partial charge in [0.1, 0.15) is 0 Å². The van der Waals surface area contributed by atoms with Crippen LogP contribution in [0, 0.1) is 0 Å². The molecule has 0 saturated carbocycles. The van der Waals surface area contributed by atoms with Gasteiger partial charge in [-0.2, -0.15) is 0 Å². The van der Waals surface area contributed by atoms with Gasteiger partial charge in [0.15, 0.2) is 0 Å². The number of aromatic nitrogens is 2. The van der Waals surface area contributed by atoms with Gasteiger partial charge >= 0.3 is 0 Å². The maximum Gasteiger partial charge on any atom is 0.255 e. The highest BCUT2D eigenvalue weighted by Crippen LogP contribution is 2.43. The molecule has 2 aromatic heterocycles. The Bertz CT molecular complexity index is 1120. The third-order valence-electron chi connectivity index (χ3n) is 4.38. The van der Waals surface area contributed by atoms with Gasteiger partial charge in [-0.05, 0) is 48.5 Å². The lowest BCUT2D eigenvalue weighted by Crippen LogP contribution is -2.12. The quantitative estimate of drug-likeness (QED) is 0.342. The first kappa shape index (κ1) is 21.6. The van der Waals surface area contributed by atoms with Gasteiger partial charge in [-0.1, -0.05) is 45.9 Å². The van der Waals surface area contributed by atoms with Crippen LogP contribution in [0.1, 0.15) is 20.7 Å². The number of nitrogens with one attached hydrogen (secondary N) is 2. The maximum absolute atomic E-state index is 12.5. The van der Waals surface area contributed by atoms with Crippen LogP contribution in [0.3, 0.4) is 0 Å². The Morgan fingerprint density at radius 2 is 0.938 bits per heavy atom. The van der Waals surface area contributed by atoms with Crippen molar-refractivity contribution < 1.29 is 9.59 Å². The lowest BCUT2D eigenvalue weighted by Gasteiger charge is -2.13. The summed E-state index contributed by atoms with van der Waals surface area (Å²) in [5, 5.41) is 5.91. The summed E-state index contributed by atoms with van der Waals surface area (Å²) >= 11 is 0. The van der Waals surface area contributed by atoms with E-state index in [0.717, 1.165) is 9.79 Å². The number of pyridine rings is 2. The molecular formula is C24H18N4O2S2. The number of nitrogens with zero attached hydrogens (tertiary/aromatic N) is 2. The molecule has 32 heavy (non-hydrogen) atoms. The van der Waals surface area contributed by atoms with Crippen molar-refractivity contribution >= 4 is 44.8 Å². The number of hydrogen-bond acceptors (Lipinski definition) is 6. The largest absolute Gasteiger partial charge is 0.321 e. The van der Waals surface area contributed by atoms with Crippen molar-refractivity contribution in [1.82, 2.24) is 9.97 Å². The van der Waals surface area contributed by atoms with Crippen LogP contribution in [0.4, 0.5) is 11.4 Å². The predicted octanol–water partition coefficient (Wildman–Crippen LogP) is 5.78. The van der Waals surface area contributed by atoms with Crippen LogP contribution in [0.15, 0.2) is 107 Å². The van der Waals surface area contributed by atoms with Crippen molar-refractivity contribution in [2.24, 2.45) is 0 Å². The number of benzene rings is 2. The monoisotopic (exact) mass is 458 g/mol. The van der Waals surface area contributed by atoms with Crippen LogP contribution >= 0.6 is 21.6 Å². The molecule has 0 aliphatic heterocycles. The zero-order chi connectivity index (χ0) is 22.2. The second-order valence-corrected chi connectivity index (χ2v) is 8.75. The molecule has 158 valence electrons. The zero-order valence-electron chi connectivity index (χ0n) is 16.8. The summed E-state index contributed by atoms with van der Waals surface area (Å²) in [4.78, 5) is 34.8. The van der Waals surface area contributed by atoms with Gasteiger partial charge in [0.25, 0.3) is 11.8 Å². The van der Waals surface area contributed by atoms with E-state index in [4.69, 9.17) is 0 Å². The van der Waals surface area contributed by atoms with Gasteiger partial charge in [0, 0.05) is 45.7 Å². The summed E-state index contributed by atoms with van der Waals surface area (Å²) in [6.45, 7) is 0. The van der Waals surface area contributed by atoms with Crippen LogP contribution < -0.4 is 10.6 Å². The topological polar surface area (TPSA) is 84.0 Å². The Kier molecular flexibility index (Phi) is 7.16. The van der Waals surface area contributed by atoms with Gasteiger partial charge in [0.2, 0.25) is 0 Å². The molecular weight excluding hydrogens is 440 g/mol. The van der Waals surface area contributed by atoms with Crippen molar-refractivity contribution in [2.75, 3.05) is 10.6 Å². The van der Waals surface area contributed by atoms with Crippen LogP contribution in [0.25, 0.3) is 0 Å². The Morgan fingerprint density at radius 1 is 0.562 bits per heavy atom. The summed E-state index contributed by atoms with van der Waals surface area (Å²) in [6, 6.07) is 21.9. The fraction of sp³-hybridized carbons (Fsp3) is 0. The Morgan fingerprint density at radius 3 is 1.34 bits per heavy atom. The molecule has 4 aromatic rings. The zero-order valence-corrected chi connectivity index (χ0v) is 18.4. The number of anilines is 2. The summed E-state index contributed by atoms with van der Waals surface area (Å²) in [6.07, 6.45) is 6.34. The Labute approximate surface area is 193 Å². The summed E-state index contributed by atoms with van der Waals surface area (Å²) < 4.78 is 0. The van der Waals surface area contributed by atoms with Crippen molar-refractivity contribution in [2.45, 2.75) is 9.79 Å². The first-order valence-corrected chi connectivity index (χ1v) is 11.8. The number of carbonyl (C=O) groups is 2. The lowest BCUT2D eigenvalue weighted by molar-refractivity contribution is 0.101. The van der Waals surface area contributed by atoms with E-state index in [1.165, 1.54) is 21.6 Å². The molecule has 0 aliphatic carbocycles. The molecule has 4 rings (SSSR count). The van der Waals surface area contributed by atoms with Crippen molar-refractivity contribution in [3.8, 4) is 0 Å². The van der Waals surface area contributed by atoms with Crippen LogP contribution in [0.5, 0.6) is 0 Å². The highest BCUT2D eigenvalue weighted by Gasteiger charge is 2.12. The highest BCUT2D eigenvalue weighted by molar-refractivity contribution is 8.76. The van der Waals surface area contributed by atoms with E-state index < -0.39 is 0 Å². The Hall–Kier alpha value is -3.62. The molecule has 2 amide bonds. The van der Waals surface area contributed by atoms with E-state index >= 15 is 0 Å². The summed E-state index contributed by atoms with van der Waals surface area (Å²) in [5.41, 5.74) is 2.50. The van der Waals surface area contributed by atoms with Gasteiger partial charge in [-0.15, -0.1) is 0 Å². The molecule has 0 saturated heterocycles. The normalized spacial score (nSPS) is 10.4. The fourth-order valence-corrected chi connectivity index (χ4v) is 5.05. The standard InChI is InChI=1S/C24H18N4O2S2/c29-23(17-9-13-25-14-10-17)27-19-5-1-3-7-21(19)31-32-22-8-4-2-6-20(22)28-24(30)18-11-15-26-16-12-18/h1-16H,(H,27,29)(H,28,30). The van der Waals surface area contributed by atoms with Gasteiger partial charge in [-0.3, -0.25) is 19.6 Å². The minimum atomic E-state index is -0.199. The molecule has 6 nitrogen and oxygen atoms in total. The number of hydrogen-bond donors (Lipinski definition) is 2. The maximum atomic E-state index is 12.5. The second-order valence-electron chi connectivity index (χ2n) is 6.54. The summed E-state index contributed by atoms with van der Waals surface area (Å²) in [7, 11) is 3.01. The molecule has 2 aromatic carbocycles. The molecule has 0 fully saturated rings. The molecule has 0 atom stereocenters. The van der Waals surface area contributed by atoms with Crippen molar-refractivity contribution in [3.05, 3.63) is 109 Å². The van der Waals surface area contributed by atoms with Crippen LogP contribution in [-0.4, -0.2) is 21.8 Å². The van der Waals surface area contributed by atoms with Gasteiger partial charge in [-0.25, -0.2) is 0 Å². The lowest BCUT2D eigenvalue weighted by atomic mass is 10.2. The minimum absolute atomic E-state index is 0.199. The molecule has 0 radical (unpaired) electrons. The molecule has 0 spiro atoms. The number of para-hydroxylation sites is 2. The Balaban J connectivity index is 1.47. The average Bonchev–Trinajstić information content (AvgIpc) is 2.85. The predicted molar refractivity (Wildman–Crippen MR) is 129 cm³/mol. The third-order valence-corrected chi connectivity index (χ3v) is 6.86. The van der Waals surface area contributed by atoms with E-state index in [1.807, 2.05) is 48.5 Å². The summed E-state index contributed by atoms with van der Waals surface area (Å²) in [5.74, 6) is -0.397. The molecule has 0 unspecified atom stereocenters. The highest BCUT2D eigenvalue weighted by atomic mass is 33.1. The van der Waals surface area contributed by atoms with Gasteiger partial charge < -0.3 is 10.6 Å². The van der Waals surface area contributed by atoms with Crippen LogP contribution in [0.2, 0.25) is 0 Å². The molecule has 2 N–H and O–H groups in total. The molecule has 0 aliphatic rings. The first-order chi connectivity index (χ1) is 15.7. The van der Waals surface area contributed by atoms with Crippen molar-refractivity contribution in [3.63, 3.8) is 0 Å². The van der Waals surface area contributed by atoms with E-state index in [0.29, 0.717) is 22.5 Å². The van der Waals surface area contributed by atoms with Crippen LogP contribution in [-0.2, 0) is 0 Å². The molecule has 2 heterocycles. The fourth-order valence-electron chi connectivity index (χ4n) is 2.77. The van der Waals surface area contributed by atoms with Crippen molar-refractivity contribution in [1.29, 1.82) is 0 Å². The second kappa shape index (κ2) is 10.6. The smallest absolute Gasteiger partial charge is 0.255 e. The third kappa shape index (κ3) is 5.54. The average molecular weight is 459 g/mol. The molecule has 8 heteroatoms. The van der Waals surface area contributed by atoms with Gasteiger partial charge in [0.05, 0.1) is 11.4 Å². The van der Waals surface area contributed by atoms with E-state index in [-0.39, 0.29) is 11.8 Å². The van der Waals surface area contributed by atoms with E-state index in [9.17, 15) is 9.59 Å². The number of rotatable bonds is 7. The SMILES string of the molecule is O=C(Nc1ccccc1SSc1ccccc1NC(=O)c1ccncc1)c1ccncc1. The van der Waals surface area contributed by atoms with E-state index in [1.54, 1.807) is 49.1 Å².